The van der Waals surface area contributed by atoms with E-state index in [1.807, 2.05) is 0 Å². The molecule has 1 aromatic heterocycles. The number of nitro groups is 1. The van der Waals surface area contributed by atoms with Crippen LogP contribution in [0.4, 0.5) is 5.69 Å². The van der Waals surface area contributed by atoms with Gasteiger partial charge in [-0.1, -0.05) is 0 Å². The third-order valence-electron chi connectivity index (χ3n) is 1.38. The number of aromatic nitrogens is 1. The molecule has 2 N–H and O–H groups in total. The lowest BCUT2D eigenvalue weighted by molar-refractivity contribution is -0.385. The zero-order valence-corrected chi connectivity index (χ0v) is 6.64. The summed E-state index contributed by atoms with van der Waals surface area (Å²) in [6, 6.07) is 2.69. The second-order valence-electron chi connectivity index (χ2n) is 2.41. The summed E-state index contributed by atoms with van der Waals surface area (Å²) >= 11 is 0. The minimum absolute atomic E-state index is 0.00199. The van der Waals surface area contributed by atoms with Gasteiger partial charge in [0.25, 0.3) is 5.69 Å². The van der Waals surface area contributed by atoms with Crippen molar-refractivity contribution in [2.75, 3.05) is 0 Å². The van der Waals surface area contributed by atoms with Crippen molar-refractivity contribution in [1.29, 1.82) is 0 Å². The predicted octanol–water partition coefficient (Wildman–Crippen LogP) is 0.0176. The zero-order chi connectivity index (χ0) is 9.84. The standard InChI is InChI=1S/C7H7N3O3/c8-7(11)3-5-1-2-6(4-9-5)10(12)13/h1-2,4H,3H2,(H2,8,11). The number of hydrogen-bond donors (Lipinski definition) is 1. The molecule has 1 amide bonds. The number of rotatable bonds is 3. The summed E-state index contributed by atoms with van der Waals surface area (Å²) in [6.45, 7) is 0. The highest BCUT2D eigenvalue weighted by molar-refractivity contribution is 5.76. The van der Waals surface area contributed by atoms with E-state index in [4.69, 9.17) is 5.73 Å². The minimum atomic E-state index is -0.555. The highest BCUT2D eigenvalue weighted by Gasteiger charge is 2.06. The van der Waals surface area contributed by atoms with Gasteiger partial charge in [0.1, 0.15) is 6.20 Å². The molecule has 0 fully saturated rings. The molecule has 0 aliphatic heterocycles. The topological polar surface area (TPSA) is 99.1 Å². The fraction of sp³-hybridized carbons (Fsp3) is 0.143. The van der Waals surface area contributed by atoms with Crippen molar-refractivity contribution < 1.29 is 9.72 Å². The third kappa shape index (κ3) is 2.51. The number of carbonyl (C=O) groups is 1. The van der Waals surface area contributed by atoms with Gasteiger partial charge in [0, 0.05) is 6.07 Å². The molecular formula is C7H7N3O3. The van der Waals surface area contributed by atoms with Gasteiger partial charge in [-0.25, -0.2) is 0 Å². The molecule has 0 saturated carbocycles. The number of hydrogen-bond acceptors (Lipinski definition) is 4. The van der Waals surface area contributed by atoms with Gasteiger partial charge in [0.15, 0.2) is 0 Å². The number of amides is 1. The number of carbonyl (C=O) groups excluding carboxylic acids is 1. The molecule has 0 bridgehead atoms. The molecule has 13 heavy (non-hydrogen) atoms. The van der Waals surface area contributed by atoms with Crippen molar-refractivity contribution in [3.05, 3.63) is 34.1 Å². The molecule has 0 radical (unpaired) electrons. The molecule has 6 heteroatoms. The minimum Gasteiger partial charge on any atom is -0.369 e. The normalized spacial score (nSPS) is 9.54. The van der Waals surface area contributed by atoms with Crippen LogP contribution in [0.1, 0.15) is 5.69 Å². The molecule has 1 aromatic rings. The van der Waals surface area contributed by atoms with Crippen LogP contribution < -0.4 is 5.73 Å². The van der Waals surface area contributed by atoms with E-state index in [9.17, 15) is 14.9 Å². The zero-order valence-electron chi connectivity index (χ0n) is 6.64. The van der Waals surface area contributed by atoms with E-state index in [1.165, 1.54) is 12.1 Å². The summed E-state index contributed by atoms with van der Waals surface area (Å²) in [7, 11) is 0. The molecule has 1 heterocycles. The average Bonchev–Trinajstić information content (AvgIpc) is 2.04. The van der Waals surface area contributed by atoms with Crippen molar-refractivity contribution in [3.8, 4) is 0 Å². The predicted molar refractivity (Wildman–Crippen MR) is 43.8 cm³/mol. The lowest BCUT2D eigenvalue weighted by atomic mass is 10.2. The lowest BCUT2D eigenvalue weighted by Gasteiger charge is -1.95. The molecule has 6 nitrogen and oxygen atoms in total. The summed E-state index contributed by atoms with van der Waals surface area (Å²) < 4.78 is 0. The highest BCUT2D eigenvalue weighted by atomic mass is 16.6. The summed E-state index contributed by atoms with van der Waals surface area (Å²) in [5.74, 6) is -0.513. The first-order valence-corrected chi connectivity index (χ1v) is 3.47. The number of pyridine rings is 1. The SMILES string of the molecule is NC(=O)Cc1ccc([N+](=O)[O-])cn1. The Hall–Kier alpha value is -1.98. The van der Waals surface area contributed by atoms with Crippen molar-refractivity contribution in [3.63, 3.8) is 0 Å². The van der Waals surface area contributed by atoms with Crippen LogP contribution in [-0.2, 0) is 11.2 Å². The van der Waals surface area contributed by atoms with Gasteiger partial charge in [-0.2, -0.15) is 0 Å². The second-order valence-corrected chi connectivity index (χ2v) is 2.41. The van der Waals surface area contributed by atoms with E-state index < -0.39 is 10.8 Å². The molecule has 0 aliphatic carbocycles. The molecule has 0 unspecified atom stereocenters. The van der Waals surface area contributed by atoms with Gasteiger partial charge in [0.2, 0.25) is 5.91 Å². The van der Waals surface area contributed by atoms with Crippen LogP contribution in [0, 0.1) is 10.1 Å². The Balaban J connectivity index is 2.81. The first-order valence-electron chi connectivity index (χ1n) is 3.47. The third-order valence-corrected chi connectivity index (χ3v) is 1.38. The molecule has 0 aromatic carbocycles. The average molecular weight is 181 g/mol. The van der Waals surface area contributed by atoms with Crippen LogP contribution in [0.3, 0.4) is 0 Å². The van der Waals surface area contributed by atoms with Crippen LogP contribution in [0.5, 0.6) is 0 Å². The number of primary amides is 1. The van der Waals surface area contributed by atoms with Crippen molar-refractivity contribution in [2.24, 2.45) is 5.73 Å². The quantitative estimate of drug-likeness (QED) is 0.524. The monoisotopic (exact) mass is 181 g/mol. The van der Waals surface area contributed by atoms with E-state index >= 15 is 0 Å². The Morgan fingerprint density at radius 3 is 2.69 bits per heavy atom. The van der Waals surface area contributed by atoms with Crippen molar-refractivity contribution in [1.82, 2.24) is 4.98 Å². The Morgan fingerprint density at radius 2 is 2.31 bits per heavy atom. The molecule has 0 spiro atoms. The lowest BCUT2D eigenvalue weighted by Crippen LogP contribution is -2.14. The van der Waals surface area contributed by atoms with Gasteiger partial charge in [-0.05, 0) is 6.07 Å². The van der Waals surface area contributed by atoms with Gasteiger partial charge >= 0.3 is 0 Å². The maximum absolute atomic E-state index is 10.4. The van der Waals surface area contributed by atoms with Crippen LogP contribution >= 0.6 is 0 Å². The molecular weight excluding hydrogens is 174 g/mol. The summed E-state index contributed by atoms with van der Waals surface area (Å²) in [6.07, 6.45) is 1.09. The summed E-state index contributed by atoms with van der Waals surface area (Å²) in [5.41, 5.74) is 5.23. The van der Waals surface area contributed by atoms with E-state index in [2.05, 4.69) is 4.98 Å². The second kappa shape index (κ2) is 3.61. The smallest absolute Gasteiger partial charge is 0.287 e. The Bertz CT molecular complexity index is 333. The van der Waals surface area contributed by atoms with E-state index in [0.717, 1.165) is 6.20 Å². The first kappa shape index (κ1) is 9.11. The van der Waals surface area contributed by atoms with Gasteiger partial charge in [-0.15, -0.1) is 0 Å². The van der Waals surface area contributed by atoms with E-state index in [1.54, 1.807) is 0 Å². The van der Waals surface area contributed by atoms with Crippen molar-refractivity contribution >= 4 is 11.6 Å². The first-order chi connectivity index (χ1) is 6.09. The van der Waals surface area contributed by atoms with E-state index in [0.29, 0.717) is 5.69 Å². The van der Waals surface area contributed by atoms with Gasteiger partial charge in [-0.3, -0.25) is 19.9 Å². The van der Waals surface area contributed by atoms with Gasteiger partial charge in [0.05, 0.1) is 17.0 Å². The Labute approximate surface area is 73.5 Å². The number of nitrogens with zero attached hydrogens (tertiary/aromatic N) is 2. The molecule has 68 valence electrons. The van der Waals surface area contributed by atoms with Crippen molar-refractivity contribution in [2.45, 2.75) is 6.42 Å². The van der Waals surface area contributed by atoms with Crippen LogP contribution in [0.25, 0.3) is 0 Å². The molecule has 1 rings (SSSR count). The summed E-state index contributed by atoms with van der Waals surface area (Å²) in [5, 5.41) is 10.2. The van der Waals surface area contributed by atoms with Crippen LogP contribution in [0.15, 0.2) is 18.3 Å². The maximum Gasteiger partial charge on any atom is 0.287 e. The van der Waals surface area contributed by atoms with E-state index in [-0.39, 0.29) is 12.1 Å². The van der Waals surface area contributed by atoms with Crippen LogP contribution in [-0.4, -0.2) is 15.8 Å². The molecule has 0 saturated heterocycles. The van der Waals surface area contributed by atoms with Gasteiger partial charge < -0.3 is 5.73 Å². The fourth-order valence-corrected chi connectivity index (χ4v) is 0.808. The Kier molecular flexibility index (Phi) is 2.53. The highest BCUT2D eigenvalue weighted by Crippen LogP contribution is 2.08. The largest absolute Gasteiger partial charge is 0.369 e. The Morgan fingerprint density at radius 1 is 1.62 bits per heavy atom. The fourth-order valence-electron chi connectivity index (χ4n) is 0.808. The van der Waals surface area contributed by atoms with Crippen LogP contribution in [0.2, 0.25) is 0 Å². The summed E-state index contributed by atoms with van der Waals surface area (Å²) in [4.78, 5) is 23.8. The molecule has 0 atom stereocenters. The number of nitrogens with two attached hydrogens (primary N) is 1. The molecule has 0 aliphatic rings. The maximum atomic E-state index is 10.4.